The second-order valence-electron chi connectivity index (χ2n) is 19.1. The molecular formula is C40H77BrO4Si3. The molecule has 8 heteroatoms. The maximum atomic E-state index is 10.7. The first kappa shape index (κ1) is 46.0. The van der Waals surface area contributed by atoms with Gasteiger partial charge in [0.15, 0.2) is 25.0 Å². The van der Waals surface area contributed by atoms with Gasteiger partial charge in [-0.2, -0.15) is 0 Å². The van der Waals surface area contributed by atoms with E-state index in [1.165, 1.54) is 4.48 Å². The van der Waals surface area contributed by atoms with Crippen molar-refractivity contribution in [1.29, 1.82) is 0 Å². The van der Waals surface area contributed by atoms with Gasteiger partial charge in [-0.05, 0) is 116 Å². The summed E-state index contributed by atoms with van der Waals surface area (Å²) in [6.45, 7) is 40.1. The van der Waals surface area contributed by atoms with E-state index in [4.69, 9.17) is 13.3 Å². The van der Waals surface area contributed by atoms with Crippen LogP contribution in [0.4, 0.5) is 0 Å². The topological polar surface area (TPSA) is 47.9 Å². The molecule has 0 amide bonds. The van der Waals surface area contributed by atoms with Gasteiger partial charge >= 0.3 is 0 Å². The van der Waals surface area contributed by atoms with Crippen molar-refractivity contribution in [2.24, 2.45) is 23.7 Å². The van der Waals surface area contributed by atoms with Crippen LogP contribution in [0.1, 0.15) is 115 Å². The quantitative estimate of drug-likeness (QED) is 0.0690. The van der Waals surface area contributed by atoms with Gasteiger partial charge in [-0.3, -0.25) is 0 Å². The molecule has 1 rings (SSSR count). The molecule has 280 valence electrons. The van der Waals surface area contributed by atoms with Crippen molar-refractivity contribution < 1.29 is 18.4 Å². The number of allylic oxidation sites excluding steroid dienone is 2. The van der Waals surface area contributed by atoms with E-state index in [1.807, 2.05) is 6.92 Å². The van der Waals surface area contributed by atoms with Gasteiger partial charge in [-0.15, -0.1) is 11.8 Å². The number of hydrogen-bond donors (Lipinski definition) is 1. The molecule has 0 heterocycles. The molecule has 0 aliphatic heterocycles. The summed E-state index contributed by atoms with van der Waals surface area (Å²) in [6.07, 6.45) is 13.0. The molecule has 0 aromatic carbocycles. The second kappa shape index (κ2) is 18.7. The zero-order chi connectivity index (χ0) is 37.4. The Morgan fingerprint density at radius 2 is 1.46 bits per heavy atom. The summed E-state index contributed by atoms with van der Waals surface area (Å²) < 4.78 is 21.9. The van der Waals surface area contributed by atoms with Crippen LogP contribution in [0.3, 0.4) is 0 Å². The smallest absolute Gasteiger partial charge is 0.192 e. The van der Waals surface area contributed by atoms with E-state index >= 15 is 0 Å². The number of halogens is 1. The Labute approximate surface area is 310 Å². The maximum absolute atomic E-state index is 10.7. The Balaban J connectivity index is 3.33. The minimum Gasteiger partial charge on any atom is -0.417 e. The average Bonchev–Trinajstić information content (AvgIpc) is 3.24. The van der Waals surface area contributed by atoms with E-state index in [9.17, 15) is 5.11 Å². The molecule has 1 N–H and O–H groups in total. The lowest BCUT2D eigenvalue weighted by molar-refractivity contribution is 0.144. The Morgan fingerprint density at radius 1 is 0.896 bits per heavy atom. The van der Waals surface area contributed by atoms with Crippen molar-refractivity contribution in [3.8, 4) is 11.8 Å². The normalized spacial score (nSPS) is 23.4. The second-order valence-corrected chi connectivity index (χ2v) is 34.5. The van der Waals surface area contributed by atoms with E-state index in [0.717, 1.165) is 45.1 Å². The van der Waals surface area contributed by atoms with Gasteiger partial charge in [0.25, 0.3) is 0 Å². The third-order valence-electron chi connectivity index (χ3n) is 12.1. The molecule has 48 heavy (non-hydrogen) atoms. The number of aliphatic hydroxyl groups is 1. The largest absolute Gasteiger partial charge is 0.417 e. The zero-order valence-corrected chi connectivity index (χ0v) is 39.0. The van der Waals surface area contributed by atoms with Crippen LogP contribution in [0.2, 0.25) is 54.4 Å². The molecule has 1 saturated carbocycles. The van der Waals surface area contributed by atoms with Gasteiger partial charge in [0.05, 0.1) is 12.2 Å². The Hall–Kier alpha value is 0.0106. The van der Waals surface area contributed by atoms with Crippen LogP contribution in [0.25, 0.3) is 0 Å². The van der Waals surface area contributed by atoms with Gasteiger partial charge in [0, 0.05) is 25.6 Å². The first-order chi connectivity index (χ1) is 21.7. The number of aliphatic hydroxyl groups excluding tert-OH is 1. The van der Waals surface area contributed by atoms with Crippen LogP contribution in [-0.2, 0) is 13.3 Å². The molecule has 1 unspecified atom stereocenters. The van der Waals surface area contributed by atoms with Crippen LogP contribution in [0, 0.1) is 35.5 Å². The van der Waals surface area contributed by atoms with Crippen LogP contribution in [-0.4, -0.2) is 55.5 Å². The number of hydrogen-bond acceptors (Lipinski definition) is 4. The summed E-state index contributed by atoms with van der Waals surface area (Å²) in [6, 6.07) is 0. The van der Waals surface area contributed by atoms with Crippen molar-refractivity contribution in [3.63, 3.8) is 0 Å². The van der Waals surface area contributed by atoms with E-state index in [1.54, 1.807) is 0 Å². The van der Waals surface area contributed by atoms with E-state index in [2.05, 4.69) is 155 Å². The lowest BCUT2D eigenvalue weighted by atomic mass is 9.85. The fraction of sp³-hybridized carbons (Fsp3) is 0.850. The minimum absolute atomic E-state index is 0.0124. The highest BCUT2D eigenvalue weighted by molar-refractivity contribution is 9.11. The fourth-order valence-corrected chi connectivity index (χ4v) is 9.92. The Bertz CT molecular complexity index is 1100. The van der Waals surface area contributed by atoms with Crippen molar-refractivity contribution in [2.75, 3.05) is 13.2 Å². The monoisotopic (exact) mass is 784 g/mol. The molecular weight excluding hydrogens is 709 g/mol. The van der Waals surface area contributed by atoms with Crippen LogP contribution in [0.5, 0.6) is 0 Å². The Morgan fingerprint density at radius 3 is 1.96 bits per heavy atom. The van der Waals surface area contributed by atoms with Crippen LogP contribution < -0.4 is 0 Å². The summed E-state index contributed by atoms with van der Waals surface area (Å²) >= 11 is 3.97. The van der Waals surface area contributed by atoms with Gasteiger partial charge in [0.2, 0.25) is 0 Å². The van der Waals surface area contributed by atoms with Gasteiger partial charge < -0.3 is 18.4 Å². The molecule has 0 saturated heterocycles. The molecule has 1 fully saturated rings. The highest BCUT2D eigenvalue weighted by Gasteiger charge is 2.48. The number of rotatable bonds is 17. The minimum atomic E-state index is -2.04. The summed E-state index contributed by atoms with van der Waals surface area (Å²) in [7, 11) is -5.76. The van der Waals surface area contributed by atoms with Gasteiger partial charge in [-0.25, -0.2) is 0 Å². The van der Waals surface area contributed by atoms with E-state index in [0.29, 0.717) is 0 Å². The van der Waals surface area contributed by atoms with Crippen LogP contribution >= 0.6 is 15.9 Å². The summed E-state index contributed by atoms with van der Waals surface area (Å²) in [5.74, 6) is 7.37. The van der Waals surface area contributed by atoms with Crippen molar-refractivity contribution in [3.05, 3.63) is 22.7 Å². The molecule has 0 aromatic heterocycles. The lowest BCUT2D eigenvalue weighted by Gasteiger charge is -2.41. The SMILES string of the molecule is CC#CCC(C)[C@@H](/C=C/[C@@H]1[C@@H](C/C(Br)=C/CCCCO[Si](C)(C)C(C)(C)C)[C@@H](CO)C[C@H]1O[Si](C)(C)C(C)(C)C)O[Si](C)(C)C(C)(C)C. The van der Waals surface area contributed by atoms with Crippen molar-refractivity contribution >= 4 is 40.9 Å². The predicted molar refractivity (Wildman–Crippen MR) is 221 cm³/mol. The molecule has 0 bridgehead atoms. The van der Waals surface area contributed by atoms with Gasteiger partial charge in [0.1, 0.15) is 0 Å². The average molecular weight is 786 g/mol. The first-order valence-corrected chi connectivity index (χ1v) is 28.3. The van der Waals surface area contributed by atoms with E-state index in [-0.39, 0.29) is 57.6 Å². The molecule has 0 radical (unpaired) electrons. The zero-order valence-electron chi connectivity index (χ0n) is 34.4. The van der Waals surface area contributed by atoms with Crippen molar-refractivity contribution in [1.82, 2.24) is 0 Å². The van der Waals surface area contributed by atoms with E-state index < -0.39 is 25.0 Å². The van der Waals surface area contributed by atoms with Crippen molar-refractivity contribution in [2.45, 2.75) is 181 Å². The highest BCUT2D eigenvalue weighted by Crippen LogP contribution is 2.48. The molecule has 1 aliphatic carbocycles. The number of unbranched alkanes of at least 4 members (excludes halogenated alkanes) is 2. The third-order valence-corrected chi connectivity index (χ3v) is 26.3. The lowest BCUT2D eigenvalue weighted by Crippen LogP contribution is -2.45. The maximum Gasteiger partial charge on any atom is 0.192 e. The molecule has 4 nitrogen and oxygen atoms in total. The molecule has 1 aliphatic rings. The fourth-order valence-electron chi connectivity index (χ4n) is 5.52. The van der Waals surface area contributed by atoms with Gasteiger partial charge in [-0.1, -0.05) is 103 Å². The molecule has 6 atom stereocenters. The highest BCUT2D eigenvalue weighted by atomic mass is 79.9. The Kier molecular flexibility index (Phi) is 17.9. The third kappa shape index (κ3) is 13.9. The first-order valence-electron chi connectivity index (χ1n) is 18.7. The summed E-state index contributed by atoms with van der Waals surface area (Å²) in [5, 5.41) is 11.2. The predicted octanol–water partition coefficient (Wildman–Crippen LogP) is 12.5. The molecule has 0 spiro atoms. The molecule has 0 aromatic rings. The van der Waals surface area contributed by atoms with Crippen LogP contribution in [0.15, 0.2) is 22.7 Å². The summed E-state index contributed by atoms with van der Waals surface area (Å²) in [4.78, 5) is 0. The standard InChI is InChI=1S/C40H77BrO4Si3/c1-18-19-23-31(2)36(44-47(14,15)39(6,7)8)26-25-34-35(32(30-42)28-37(34)45-48(16,17)40(9,10)11)29-33(41)24-21-20-22-27-43-46(12,13)38(3,4)5/h24-26,31-32,34-37,42H,20-23,27-30H2,1-17H3/b26-25+,33-24-/t31?,32-,34-,35+,36-,37-/m1/s1. The summed E-state index contributed by atoms with van der Waals surface area (Å²) in [5.41, 5.74) is 0.